The summed E-state index contributed by atoms with van der Waals surface area (Å²) in [6, 6.07) is 0.249. The van der Waals surface area contributed by atoms with E-state index in [1.165, 1.54) is 25.7 Å². The van der Waals surface area contributed by atoms with Crippen molar-refractivity contribution in [3.63, 3.8) is 0 Å². The fourth-order valence-corrected chi connectivity index (χ4v) is 12.0. The number of carboxylic acids is 2. The number of ether oxygens (including phenoxy) is 2. The number of carboxylic acid groups (broad SMARTS) is 2. The molecule has 0 spiro atoms. The zero-order valence-electron chi connectivity index (χ0n) is 34.5. The number of rotatable bonds is 12. The molecule has 0 bridgehead atoms. The van der Waals surface area contributed by atoms with Gasteiger partial charge in [-0.15, -0.1) is 0 Å². The number of amides is 2. The Morgan fingerprint density at radius 2 is 0.764 bits per heavy atom. The topological polar surface area (TPSA) is 151 Å². The number of hydrogen-bond acceptors (Lipinski definition) is 6. The summed E-state index contributed by atoms with van der Waals surface area (Å²) in [4.78, 5) is 49.8. The molecule has 0 radical (unpaired) electrons. The van der Waals surface area contributed by atoms with E-state index in [4.69, 9.17) is 9.47 Å². The van der Waals surface area contributed by atoms with Gasteiger partial charge in [-0.1, -0.05) is 27.7 Å². The highest BCUT2D eigenvalue weighted by atomic mass is 16.5. The second kappa shape index (κ2) is 19.0. The minimum absolute atomic E-state index is 0.0591. The Bertz CT molecular complexity index is 1190. The second-order valence-corrected chi connectivity index (χ2v) is 19.9. The quantitative estimate of drug-likeness (QED) is 0.155. The largest absolute Gasteiger partial charge is 0.481 e. The van der Waals surface area contributed by atoms with Crippen LogP contribution >= 0.6 is 0 Å². The summed E-state index contributed by atoms with van der Waals surface area (Å²) in [6.07, 6.45) is 22.4. The fraction of sp³-hybridized carbons (Fsp3) is 0.911. The molecule has 0 heterocycles. The number of carbonyl (C=O) groups is 4. The lowest BCUT2D eigenvalue weighted by atomic mass is 9.60. The summed E-state index contributed by atoms with van der Waals surface area (Å²) in [6.45, 7) is 9.19. The first-order valence-electron chi connectivity index (χ1n) is 22.6. The predicted octanol–water partition coefficient (Wildman–Crippen LogP) is 8.29. The first-order chi connectivity index (χ1) is 26.3. The van der Waals surface area contributed by atoms with E-state index in [0.29, 0.717) is 67.0 Å². The van der Waals surface area contributed by atoms with Gasteiger partial charge in [0, 0.05) is 12.1 Å². The Morgan fingerprint density at radius 3 is 1.07 bits per heavy atom. The van der Waals surface area contributed by atoms with Gasteiger partial charge in [0.25, 0.3) is 0 Å². The Morgan fingerprint density at radius 1 is 0.455 bits per heavy atom. The van der Waals surface area contributed by atoms with Crippen LogP contribution in [0.2, 0.25) is 0 Å². The molecule has 0 aromatic carbocycles. The molecule has 0 aromatic rings. The van der Waals surface area contributed by atoms with E-state index in [-0.39, 0.29) is 36.1 Å². The molecule has 55 heavy (non-hydrogen) atoms. The summed E-state index contributed by atoms with van der Waals surface area (Å²) >= 11 is 0. The van der Waals surface area contributed by atoms with E-state index in [2.05, 4.69) is 38.3 Å². The average Bonchev–Trinajstić information content (AvgIpc) is 3.16. The second-order valence-electron chi connectivity index (χ2n) is 19.9. The van der Waals surface area contributed by atoms with Crippen LogP contribution in [0.1, 0.15) is 169 Å². The number of hydrogen-bond donors (Lipinski definition) is 4. The van der Waals surface area contributed by atoms with E-state index in [1.54, 1.807) is 0 Å². The molecule has 0 aromatic heterocycles. The molecule has 6 aliphatic rings. The van der Waals surface area contributed by atoms with Crippen molar-refractivity contribution in [2.24, 2.45) is 52.8 Å². The third kappa shape index (κ3) is 11.1. The Kier molecular flexibility index (Phi) is 14.7. The molecule has 6 unspecified atom stereocenters. The van der Waals surface area contributed by atoms with Crippen molar-refractivity contribution in [2.75, 3.05) is 0 Å². The van der Waals surface area contributed by atoms with Gasteiger partial charge in [-0.2, -0.15) is 0 Å². The minimum atomic E-state index is -0.834. The maximum Gasteiger partial charge on any atom is 0.307 e. The first kappa shape index (κ1) is 42.4. The van der Waals surface area contributed by atoms with Gasteiger partial charge in [-0.25, -0.2) is 0 Å². The lowest BCUT2D eigenvalue weighted by Gasteiger charge is -2.47. The summed E-state index contributed by atoms with van der Waals surface area (Å²) in [5.41, 5.74) is 0.300. The van der Waals surface area contributed by atoms with E-state index < -0.39 is 35.6 Å². The number of aliphatic carboxylic acids is 2. The van der Waals surface area contributed by atoms with Crippen LogP contribution in [0.5, 0.6) is 0 Å². The maximum absolute atomic E-state index is 13.1. The van der Waals surface area contributed by atoms with Gasteiger partial charge >= 0.3 is 11.9 Å². The van der Waals surface area contributed by atoms with Crippen LogP contribution < -0.4 is 10.6 Å². The minimum Gasteiger partial charge on any atom is -0.481 e. The van der Waals surface area contributed by atoms with Crippen LogP contribution in [0, 0.1) is 52.8 Å². The lowest BCUT2D eigenvalue weighted by molar-refractivity contribution is -0.150. The van der Waals surface area contributed by atoms with Crippen molar-refractivity contribution in [3.8, 4) is 0 Å². The van der Waals surface area contributed by atoms with Crippen LogP contribution in [0.15, 0.2) is 0 Å². The molecule has 6 saturated carbocycles. The van der Waals surface area contributed by atoms with Gasteiger partial charge < -0.3 is 30.3 Å². The molecule has 6 atom stereocenters. The van der Waals surface area contributed by atoms with Crippen molar-refractivity contribution >= 4 is 23.8 Å². The van der Waals surface area contributed by atoms with E-state index in [9.17, 15) is 29.4 Å². The Balaban J connectivity index is 0.844. The molecular weight excluding hydrogens is 697 g/mol. The first-order valence-corrected chi connectivity index (χ1v) is 22.6. The highest BCUT2D eigenvalue weighted by Crippen LogP contribution is 2.49. The summed E-state index contributed by atoms with van der Waals surface area (Å²) in [5.74, 6) is -1.57. The van der Waals surface area contributed by atoms with Gasteiger partial charge in [0.2, 0.25) is 11.8 Å². The van der Waals surface area contributed by atoms with E-state index >= 15 is 0 Å². The van der Waals surface area contributed by atoms with Gasteiger partial charge in [0.15, 0.2) is 0 Å². The van der Waals surface area contributed by atoms with Crippen molar-refractivity contribution < 1.29 is 38.9 Å². The molecule has 6 fully saturated rings. The zero-order valence-corrected chi connectivity index (χ0v) is 34.5. The molecule has 0 saturated heterocycles. The fourth-order valence-electron chi connectivity index (χ4n) is 12.0. The summed E-state index contributed by atoms with van der Waals surface area (Å²) in [7, 11) is 0. The molecule has 10 nitrogen and oxygen atoms in total. The molecule has 2 amide bonds. The van der Waals surface area contributed by atoms with E-state index in [1.807, 2.05) is 0 Å². The molecule has 6 aliphatic carbocycles. The van der Waals surface area contributed by atoms with Gasteiger partial charge in [0.1, 0.15) is 0 Å². The third-order valence-electron chi connectivity index (χ3n) is 15.8. The average molecular weight is 771 g/mol. The third-order valence-corrected chi connectivity index (χ3v) is 15.8. The molecule has 0 aliphatic heterocycles. The number of nitrogens with one attached hydrogen (secondary N) is 2. The lowest BCUT2D eigenvalue weighted by Crippen LogP contribution is -2.46. The molecule has 6 rings (SSSR count). The molecular formula is C45H74N2O8. The van der Waals surface area contributed by atoms with Crippen LogP contribution in [0.3, 0.4) is 0 Å². The standard InChI is InChI=1S/C45H74N2O8/c1-27-5-23-37(39(25-27)43(50)51)41(48)46-31-11-19-35(20-12-31)54-33-15-7-29(8-16-33)45(3,4)30-9-17-34(18-10-30)55-36-21-13-32(14-22-36)47-42(49)38-24-6-28(2)26-40(38)44(52)53/h27-40H,5-26H2,1-4H3,(H,46,48)(H,47,49)(H,50,51)(H,52,53). The predicted molar refractivity (Wildman–Crippen MR) is 211 cm³/mol. The van der Waals surface area contributed by atoms with Crippen molar-refractivity contribution in [3.05, 3.63) is 0 Å². The van der Waals surface area contributed by atoms with Gasteiger partial charge in [-0.05, 0) is 170 Å². The summed E-state index contributed by atoms with van der Waals surface area (Å²) in [5, 5.41) is 25.9. The maximum atomic E-state index is 13.1. The normalized spacial score (nSPS) is 40.4. The zero-order chi connectivity index (χ0) is 39.3. The van der Waals surface area contributed by atoms with Crippen LogP contribution in [-0.2, 0) is 28.7 Å². The van der Waals surface area contributed by atoms with Crippen molar-refractivity contribution in [1.82, 2.24) is 10.6 Å². The smallest absolute Gasteiger partial charge is 0.307 e. The van der Waals surface area contributed by atoms with Crippen LogP contribution in [-0.4, -0.2) is 70.5 Å². The van der Waals surface area contributed by atoms with Crippen LogP contribution in [0.4, 0.5) is 0 Å². The Labute approximate surface area is 330 Å². The molecule has 10 heteroatoms. The van der Waals surface area contributed by atoms with Gasteiger partial charge in [0.05, 0.1) is 48.1 Å². The molecule has 4 N–H and O–H groups in total. The SMILES string of the molecule is CC1CCC(C(=O)NC2CCC(OC3CCC(C(C)(C)C4CCC(OC5CCC(NC(=O)C6CCC(C)CC6C(=O)O)CC5)CC4)CC3)CC2)C(C(=O)O)C1. The van der Waals surface area contributed by atoms with Crippen molar-refractivity contribution in [1.29, 1.82) is 0 Å². The van der Waals surface area contributed by atoms with Crippen molar-refractivity contribution in [2.45, 2.75) is 205 Å². The van der Waals surface area contributed by atoms with E-state index in [0.717, 1.165) is 89.9 Å². The Hall–Kier alpha value is -2.20. The summed E-state index contributed by atoms with van der Waals surface area (Å²) < 4.78 is 13.4. The number of carbonyl (C=O) groups excluding carboxylic acids is 2. The molecule has 312 valence electrons. The monoisotopic (exact) mass is 771 g/mol. The van der Waals surface area contributed by atoms with Gasteiger partial charge in [-0.3, -0.25) is 19.2 Å². The highest BCUT2D eigenvalue weighted by Gasteiger charge is 2.43. The van der Waals surface area contributed by atoms with Crippen LogP contribution in [0.25, 0.3) is 0 Å². The highest BCUT2D eigenvalue weighted by molar-refractivity contribution is 5.85.